The van der Waals surface area contributed by atoms with Crippen LogP contribution in [0, 0.1) is 0 Å². The topological polar surface area (TPSA) is 106 Å². The summed E-state index contributed by atoms with van der Waals surface area (Å²) < 4.78 is 13.7. The Bertz CT molecular complexity index is 2130. The largest absolute Gasteiger partial charge is 0.497 e. The number of nitrogens with one attached hydrogen (secondary N) is 1. The van der Waals surface area contributed by atoms with Crippen LogP contribution in [0.1, 0.15) is 21.3 Å². The Balaban J connectivity index is 1.20. The summed E-state index contributed by atoms with van der Waals surface area (Å²) in [6.07, 6.45) is 0. The van der Waals surface area contributed by atoms with Gasteiger partial charge in [-0.1, -0.05) is 39.7 Å². The van der Waals surface area contributed by atoms with E-state index in [4.69, 9.17) is 26.1 Å². The molecule has 0 saturated carbocycles. The average molecular weight is 840 g/mol. The fourth-order valence-electron chi connectivity index (χ4n) is 5.98. The van der Waals surface area contributed by atoms with Crippen molar-refractivity contribution in [3.8, 4) is 22.8 Å². The van der Waals surface area contributed by atoms with Crippen LogP contribution in [0.4, 0.5) is 0 Å². The van der Waals surface area contributed by atoms with Crippen LogP contribution in [0.3, 0.4) is 0 Å². The number of thioether (sulfide) groups is 1. The van der Waals surface area contributed by atoms with Crippen molar-refractivity contribution in [1.29, 1.82) is 0 Å². The SMILES string of the molecule is COc1ccc(C2SC(CN3CCOCC3)C(=O)N2NC(=O)c2ccc(-n3c(-c4ccc(Cl)cc4)nc4c(Br)cc(Br)cc4c3=O)cc2)cc1. The van der Waals surface area contributed by atoms with Gasteiger partial charge in [0.05, 0.1) is 36.9 Å². The van der Waals surface area contributed by atoms with Gasteiger partial charge in [0.2, 0.25) is 0 Å². The summed E-state index contributed by atoms with van der Waals surface area (Å²) in [5.74, 6) is 0.480. The van der Waals surface area contributed by atoms with E-state index >= 15 is 0 Å². The summed E-state index contributed by atoms with van der Waals surface area (Å²) in [6, 6.07) is 24.8. The molecule has 0 radical (unpaired) electrons. The number of hydrogen-bond acceptors (Lipinski definition) is 8. The molecule has 0 bridgehead atoms. The number of carbonyl (C=O) groups excluding carboxylic acids is 2. The van der Waals surface area contributed by atoms with Gasteiger partial charge in [-0.15, -0.1) is 11.8 Å². The second-order valence-corrected chi connectivity index (χ2v) is 15.2. The first-order chi connectivity index (χ1) is 24.2. The fraction of sp³-hybridized carbons (Fsp3) is 0.222. The molecule has 2 saturated heterocycles. The molecule has 2 aliphatic rings. The summed E-state index contributed by atoms with van der Waals surface area (Å²) in [5, 5.41) is 1.58. The minimum absolute atomic E-state index is 0.175. The van der Waals surface area contributed by atoms with Crippen molar-refractivity contribution in [2.75, 3.05) is 40.0 Å². The minimum Gasteiger partial charge on any atom is -0.497 e. The predicted octanol–water partition coefficient (Wildman–Crippen LogP) is 6.86. The smallest absolute Gasteiger partial charge is 0.269 e. The van der Waals surface area contributed by atoms with Crippen LogP contribution in [0.15, 0.2) is 98.7 Å². The number of carbonyl (C=O) groups is 2. The number of benzene rings is 4. The van der Waals surface area contributed by atoms with E-state index in [-0.39, 0.29) is 16.7 Å². The zero-order valence-electron chi connectivity index (χ0n) is 26.6. The number of rotatable bonds is 8. The average Bonchev–Trinajstić information content (AvgIpc) is 3.43. The van der Waals surface area contributed by atoms with Gasteiger partial charge < -0.3 is 9.47 Å². The Morgan fingerprint density at radius 2 is 1.70 bits per heavy atom. The van der Waals surface area contributed by atoms with Crippen LogP contribution in [-0.2, 0) is 9.53 Å². The highest BCUT2D eigenvalue weighted by atomic mass is 79.9. The summed E-state index contributed by atoms with van der Waals surface area (Å²) >= 11 is 14.7. The van der Waals surface area contributed by atoms with Crippen LogP contribution in [0.5, 0.6) is 5.75 Å². The van der Waals surface area contributed by atoms with E-state index in [1.54, 1.807) is 61.7 Å². The predicted molar refractivity (Wildman–Crippen MR) is 202 cm³/mol. The maximum Gasteiger partial charge on any atom is 0.269 e. The number of fused-ring (bicyclic) bond motifs is 1. The van der Waals surface area contributed by atoms with Crippen LogP contribution in [0.2, 0.25) is 5.02 Å². The number of ether oxygens (including phenoxy) is 2. The van der Waals surface area contributed by atoms with E-state index in [1.807, 2.05) is 30.3 Å². The Labute approximate surface area is 313 Å². The normalized spacial score (nSPS) is 18.1. The maximum atomic E-state index is 14.1. The van der Waals surface area contributed by atoms with Crippen molar-refractivity contribution < 1.29 is 19.1 Å². The van der Waals surface area contributed by atoms with Crippen LogP contribution in [0.25, 0.3) is 28.0 Å². The van der Waals surface area contributed by atoms with Gasteiger partial charge in [0.15, 0.2) is 0 Å². The molecule has 3 heterocycles. The lowest BCUT2D eigenvalue weighted by atomic mass is 10.1. The first-order valence-corrected chi connectivity index (χ1v) is 18.6. The molecule has 1 aromatic heterocycles. The molecule has 7 rings (SSSR count). The third-order valence-electron chi connectivity index (χ3n) is 8.57. The van der Waals surface area contributed by atoms with Gasteiger partial charge in [-0.3, -0.25) is 29.3 Å². The fourth-order valence-corrected chi connectivity index (χ4v) is 8.85. The second-order valence-electron chi connectivity index (χ2n) is 11.7. The van der Waals surface area contributed by atoms with E-state index < -0.39 is 11.3 Å². The Hall–Kier alpha value is -3.72. The molecular weight excluding hydrogens is 810 g/mol. The number of amides is 2. The molecule has 0 aliphatic carbocycles. The van der Waals surface area contributed by atoms with Gasteiger partial charge in [0, 0.05) is 44.7 Å². The quantitative estimate of drug-likeness (QED) is 0.181. The number of hydrazine groups is 1. The molecule has 2 amide bonds. The Morgan fingerprint density at radius 1 is 1.00 bits per heavy atom. The summed E-state index contributed by atoms with van der Waals surface area (Å²) in [7, 11) is 1.60. The number of halogens is 3. The van der Waals surface area contributed by atoms with Crippen molar-refractivity contribution >= 4 is 77.9 Å². The number of aromatic nitrogens is 2. The van der Waals surface area contributed by atoms with Gasteiger partial charge in [0.1, 0.15) is 22.2 Å². The first kappa shape index (κ1) is 34.7. The third-order valence-corrected chi connectivity index (χ3v) is 11.3. The highest BCUT2D eigenvalue weighted by Crippen LogP contribution is 2.43. The lowest BCUT2D eigenvalue weighted by Crippen LogP contribution is -2.48. The molecule has 256 valence electrons. The van der Waals surface area contributed by atoms with Crippen molar-refractivity contribution in [3.63, 3.8) is 0 Å². The lowest BCUT2D eigenvalue weighted by molar-refractivity contribution is -0.133. The van der Waals surface area contributed by atoms with Gasteiger partial charge in [-0.2, -0.15) is 0 Å². The molecule has 14 heteroatoms. The molecule has 0 spiro atoms. The molecule has 50 heavy (non-hydrogen) atoms. The molecule has 10 nitrogen and oxygen atoms in total. The molecule has 2 aliphatic heterocycles. The molecule has 2 fully saturated rings. The first-order valence-electron chi connectivity index (χ1n) is 15.7. The molecule has 5 aromatic rings. The maximum absolute atomic E-state index is 14.1. The van der Waals surface area contributed by atoms with Crippen molar-refractivity contribution in [3.05, 3.63) is 120 Å². The van der Waals surface area contributed by atoms with Gasteiger partial charge in [-0.25, -0.2) is 9.99 Å². The van der Waals surface area contributed by atoms with Gasteiger partial charge in [0.25, 0.3) is 17.4 Å². The number of methoxy groups -OCH3 is 1. The highest BCUT2D eigenvalue weighted by Gasteiger charge is 2.43. The zero-order chi connectivity index (χ0) is 34.9. The van der Waals surface area contributed by atoms with E-state index in [0.29, 0.717) is 68.5 Å². The monoisotopic (exact) mass is 837 g/mol. The molecular formula is C36H30Br2ClN5O5S. The molecule has 4 aromatic carbocycles. The third kappa shape index (κ3) is 7.07. The second kappa shape index (κ2) is 14.9. The number of hydrogen-bond donors (Lipinski definition) is 1. The molecule has 2 atom stereocenters. The lowest BCUT2D eigenvalue weighted by Gasteiger charge is -2.28. The van der Waals surface area contributed by atoms with E-state index in [9.17, 15) is 14.4 Å². The van der Waals surface area contributed by atoms with Gasteiger partial charge >= 0.3 is 0 Å². The van der Waals surface area contributed by atoms with Crippen LogP contribution < -0.4 is 15.7 Å². The van der Waals surface area contributed by atoms with E-state index in [0.717, 1.165) is 23.1 Å². The minimum atomic E-state index is -0.453. The Kier molecular flexibility index (Phi) is 10.3. The summed E-state index contributed by atoms with van der Waals surface area (Å²) in [5.41, 5.74) is 5.49. The zero-order valence-corrected chi connectivity index (χ0v) is 31.4. The van der Waals surface area contributed by atoms with Gasteiger partial charge in [-0.05, 0) is 94.3 Å². The standard InChI is InChI=1S/C36H30Br2ClN5O5S/c1-48-27-12-6-23(7-13-27)36-44(35(47)30(50-36)20-42-14-16-49-17-15-42)41-33(45)22-4-10-26(11-5-22)43-32(21-2-8-25(39)9-3-21)40-31-28(34(43)46)18-24(37)19-29(31)38/h2-13,18-19,30,36H,14-17,20H2,1H3,(H,41,45). The van der Waals surface area contributed by atoms with Crippen LogP contribution >= 0.6 is 55.2 Å². The summed E-state index contributed by atoms with van der Waals surface area (Å²) in [4.78, 5) is 48.7. The number of nitrogens with zero attached hydrogens (tertiary/aromatic N) is 4. The van der Waals surface area contributed by atoms with Crippen molar-refractivity contribution in [2.45, 2.75) is 10.6 Å². The van der Waals surface area contributed by atoms with Crippen molar-refractivity contribution in [1.82, 2.24) is 24.9 Å². The summed E-state index contributed by atoms with van der Waals surface area (Å²) in [6.45, 7) is 3.31. The van der Waals surface area contributed by atoms with E-state index in [2.05, 4.69) is 42.2 Å². The Morgan fingerprint density at radius 3 is 2.38 bits per heavy atom. The number of morpholine rings is 1. The van der Waals surface area contributed by atoms with Crippen LogP contribution in [-0.4, -0.2) is 76.5 Å². The van der Waals surface area contributed by atoms with E-state index in [1.165, 1.54) is 21.3 Å². The van der Waals surface area contributed by atoms with Crippen molar-refractivity contribution in [2.24, 2.45) is 0 Å². The highest BCUT2D eigenvalue weighted by molar-refractivity contribution is 9.11. The molecule has 2 unspecified atom stereocenters. The molecule has 1 N–H and O–H groups in total.